The normalized spacial score (nSPS) is 23.1. The highest BCUT2D eigenvalue weighted by Crippen LogP contribution is 1.91. The summed E-state index contributed by atoms with van der Waals surface area (Å²) in [5.74, 6) is 0. The van der Waals surface area contributed by atoms with Crippen molar-refractivity contribution in [3.05, 3.63) is 0 Å². The average Bonchev–Trinajstić information content (AvgIpc) is 2.33. The molecule has 0 aromatic carbocycles. The first-order chi connectivity index (χ1) is 11.5. The molecule has 0 unspecified atom stereocenters. The van der Waals surface area contributed by atoms with Crippen molar-refractivity contribution in [2.75, 3.05) is 6.67 Å². The molecule has 1 saturated heterocycles. The molecule has 1 heterocycles. The van der Waals surface area contributed by atoms with Crippen LogP contribution in [0.25, 0.3) is 0 Å². The van der Waals surface area contributed by atoms with Gasteiger partial charge in [0.25, 0.3) is 0 Å². The minimum atomic E-state index is 0. The second kappa shape index (κ2) is 20.0. The molecule has 8 nitrogen and oxygen atoms in total. The lowest BCUT2D eigenvalue weighted by molar-refractivity contribution is 0.506. The van der Waals surface area contributed by atoms with Crippen molar-refractivity contribution >= 4 is 174 Å². The highest BCUT2D eigenvalue weighted by atomic mass is 28.4. The van der Waals surface area contributed by atoms with Crippen LogP contribution in [0.15, 0.2) is 0 Å². The van der Waals surface area contributed by atoms with Crippen molar-refractivity contribution in [1.82, 2.24) is 31.8 Å². The van der Waals surface area contributed by atoms with Gasteiger partial charge < -0.3 is 31.8 Å². The van der Waals surface area contributed by atoms with Crippen LogP contribution in [-0.2, 0) is 0 Å². The van der Waals surface area contributed by atoms with Gasteiger partial charge >= 0.3 is 0 Å². The van der Waals surface area contributed by atoms with E-state index in [0.29, 0.717) is 0 Å². The molecule has 0 aromatic rings. The number of rotatable bonds is 6. The van der Waals surface area contributed by atoms with Crippen LogP contribution in [-0.4, -0.2) is 213 Å². The van der Waals surface area contributed by atoms with Crippen LogP contribution in [0.4, 0.5) is 0 Å². The fraction of sp³-hybridized carbons (Fsp3) is 1.00. The second-order valence-electron chi connectivity index (χ2n) is 8.29. The Balaban J connectivity index is -0.000000398. The van der Waals surface area contributed by atoms with E-state index in [4.69, 9.17) is 0 Å². The molecule has 1 fully saturated rings. The summed E-state index contributed by atoms with van der Waals surface area (Å²) >= 11 is 0. The van der Waals surface area contributed by atoms with Crippen LogP contribution in [0, 0.1) is 0 Å². The third kappa shape index (κ3) is 22.4. The summed E-state index contributed by atoms with van der Waals surface area (Å²) < 4.78 is 22.3. The lowest BCUT2D eigenvalue weighted by Crippen LogP contribution is -2.57. The van der Waals surface area contributed by atoms with E-state index < -0.39 is 0 Å². The third-order valence-electron chi connectivity index (χ3n) is 3.46. The smallest absolute Gasteiger partial charge is 0.153 e. The van der Waals surface area contributed by atoms with E-state index in [2.05, 4.69) is 31.8 Å². The van der Waals surface area contributed by atoms with Crippen molar-refractivity contribution in [3.8, 4) is 0 Å². The van der Waals surface area contributed by atoms with Crippen LogP contribution in [0.1, 0.15) is 7.43 Å². The van der Waals surface area contributed by atoms with Crippen LogP contribution in [0.5, 0.6) is 0 Å². The molecule has 0 amide bonds. The van der Waals surface area contributed by atoms with E-state index in [1.807, 2.05) is 0 Å². The van der Waals surface area contributed by atoms with E-state index >= 15 is 0 Å². The molecule has 0 radical (unpaired) electrons. The summed E-state index contributed by atoms with van der Waals surface area (Å²) in [5.41, 5.74) is 0. The Hall–Kier alpha value is 3.37. The molecule has 1 aliphatic heterocycles. The Bertz CT molecular complexity index is 282. The zero-order valence-corrected chi connectivity index (χ0v) is 47.0. The van der Waals surface area contributed by atoms with Crippen molar-refractivity contribution in [3.63, 3.8) is 0 Å². The van der Waals surface area contributed by atoms with Gasteiger partial charge in [-0.1, -0.05) is 7.43 Å². The molecular weight excluding hydrogens is 614 g/mol. The van der Waals surface area contributed by atoms with E-state index in [1.165, 1.54) is 111 Å². The zero-order chi connectivity index (χ0) is 19.6. The standard InChI is InChI=1S/CH20N4Si7.CH4.H24N4Si9.H4Si/c6-2-1-3(7)11-5(9)12-4(8)10-2;;5-1(6)11-3(9)13-4(10)12-2(7)8;/h1,10-12H2,6-9H3;1H4;11-13H2,5-10H3;1H4. The van der Waals surface area contributed by atoms with Gasteiger partial charge in [0.2, 0.25) is 0 Å². The monoisotopic (exact) mass is 664 g/mol. The highest BCUT2D eigenvalue weighted by Gasteiger charge is 2.14. The summed E-state index contributed by atoms with van der Waals surface area (Å²) in [4.78, 5) is 0. The molecular formula is C2H52N8Si17. The summed E-state index contributed by atoms with van der Waals surface area (Å²) in [6.45, 7) is 1.35. The third-order valence-corrected chi connectivity index (χ3v) is 27.1. The van der Waals surface area contributed by atoms with Crippen LogP contribution >= 0.6 is 0 Å². The first-order valence-corrected chi connectivity index (χ1v) is 25.4. The van der Waals surface area contributed by atoms with Crippen LogP contribution < -0.4 is 0 Å². The summed E-state index contributed by atoms with van der Waals surface area (Å²) in [5, 5.41) is 0. The Morgan fingerprint density at radius 2 is 0.963 bits per heavy atom. The molecule has 0 bridgehead atoms. The molecule has 25 heteroatoms. The molecule has 27 heavy (non-hydrogen) atoms. The van der Waals surface area contributed by atoms with Crippen molar-refractivity contribution in [2.24, 2.45) is 0 Å². The highest BCUT2D eigenvalue weighted by molar-refractivity contribution is 6.72. The van der Waals surface area contributed by atoms with Crippen LogP contribution in [0.2, 0.25) is 0 Å². The van der Waals surface area contributed by atoms with Gasteiger partial charge in [0, 0.05) is 6.67 Å². The minimum absolute atomic E-state index is 0. The Morgan fingerprint density at radius 1 is 0.630 bits per heavy atom. The van der Waals surface area contributed by atoms with E-state index in [9.17, 15) is 0 Å². The van der Waals surface area contributed by atoms with Crippen molar-refractivity contribution in [1.29, 1.82) is 0 Å². The first kappa shape index (κ1) is 35.0. The van der Waals surface area contributed by atoms with Gasteiger partial charge in [-0.05, 0) is 11.0 Å². The summed E-state index contributed by atoms with van der Waals surface area (Å²) in [7, 11) is 13.9. The maximum absolute atomic E-state index is 2.87. The van der Waals surface area contributed by atoms with Crippen LogP contribution in [0.3, 0.4) is 0 Å². The molecule has 168 valence electrons. The Kier molecular flexibility index (Phi) is 25.9. The van der Waals surface area contributed by atoms with Gasteiger partial charge in [-0.2, -0.15) is 0 Å². The minimum Gasteiger partial charge on any atom is -0.377 e. The maximum atomic E-state index is 2.87. The lowest BCUT2D eigenvalue weighted by atomic mass is 11.3. The van der Waals surface area contributed by atoms with Gasteiger partial charge in [-0.25, -0.2) is 0 Å². The molecule has 0 atom stereocenters. The topological polar surface area (TPSA) is 25.9 Å². The molecule has 0 saturated carbocycles. The maximum Gasteiger partial charge on any atom is 0.153 e. The Labute approximate surface area is 218 Å². The van der Waals surface area contributed by atoms with Gasteiger partial charge in [-0.3, -0.25) is 0 Å². The summed E-state index contributed by atoms with van der Waals surface area (Å²) in [6.07, 6.45) is 0. The van der Waals surface area contributed by atoms with Crippen molar-refractivity contribution < 1.29 is 0 Å². The van der Waals surface area contributed by atoms with E-state index in [0.717, 1.165) is 0 Å². The zero-order valence-electron chi connectivity index (χ0n) is 18.5. The number of hydrogen-bond acceptors (Lipinski definition) is 8. The largest absolute Gasteiger partial charge is 0.377 e. The van der Waals surface area contributed by atoms with Gasteiger partial charge in [0.1, 0.15) is 39.4 Å². The Morgan fingerprint density at radius 3 is 1.26 bits per heavy atom. The number of hydrogen-bond donors (Lipinski definition) is 0. The van der Waals surface area contributed by atoms with Crippen molar-refractivity contribution in [2.45, 2.75) is 7.43 Å². The van der Waals surface area contributed by atoms with Gasteiger partial charge in [0.05, 0.1) is 104 Å². The lowest BCUT2D eigenvalue weighted by Gasteiger charge is -2.37. The quantitative estimate of drug-likeness (QED) is 0.259. The average molecular weight is 666 g/mol. The molecule has 1 rings (SSSR count). The second-order valence-corrected chi connectivity index (χ2v) is 61.9. The molecule has 0 N–H and O–H groups in total. The molecule has 0 aromatic heterocycles. The van der Waals surface area contributed by atoms with E-state index in [1.54, 1.807) is 0 Å². The first-order valence-electron chi connectivity index (χ1n) is 8.90. The van der Waals surface area contributed by atoms with Gasteiger partial charge in [0.15, 0.2) is 19.7 Å². The SMILES string of the molecule is C.[SiH3]N([SiH3])[SiH2]N([SiH3])[SiH2]N([SiH3])[SiH2]N([SiH3])[SiH3].[SiH3]N1CN([SiH3])[SiH2]N([SiH3])[SiH2]N([SiH3])[SiH2]1.[SiH4]. The summed E-state index contributed by atoms with van der Waals surface area (Å²) in [6, 6.07) is 0. The number of nitrogens with zero attached hydrogens (tertiary/aromatic N) is 8. The predicted octanol–water partition coefficient (Wildman–Crippen LogP) is -20.7. The molecule has 1 aliphatic rings. The molecule has 0 spiro atoms. The fourth-order valence-corrected chi connectivity index (χ4v) is 70.0. The van der Waals surface area contributed by atoms with Gasteiger partial charge in [-0.15, -0.1) is 0 Å². The fourth-order valence-electron chi connectivity index (χ4n) is 3.29. The van der Waals surface area contributed by atoms with E-state index in [-0.39, 0.29) is 77.4 Å². The molecule has 0 aliphatic carbocycles. The predicted molar refractivity (Wildman–Crippen MR) is 188 cm³/mol.